The topological polar surface area (TPSA) is 71.1 Å². The van der Waals surface area contributed by atoms with Gasteiger partial charge in [-0.05, 0) is 37.5 Å². The van der Waals surface area contributed by atoms with Gasteiger partial charge in [0, 0.05) is 0 Å². The van der Waals surface area contributed by atoms with Crippen molar-refractivity contribution in [1.82, 2.24) is 0 Å². The molecule has 0 saturated heterocycles. The molecule has 0 heterocycles. The van der Waals surface area contributed by atoms with Gasteiger partial charge in [0.05, 0.1) is 14.2 Å². The Balaban J connectivity index is 1.77. The minimum absolute atomic E-state index is 0.0634. The smallest absolute Gasteiger partial charge is 0.438 e. The lowest BCUT2D eigenvalue weighted by molar-refractivity contribution is 0.0248. The van der Waals surface area contributed by atoms with Crippen molar-refractivity contribution in [3.8, 4) is 0 Å². The highest BCUT2D eigenvalue weighted by atomic mass is 16.7. The lowest BCUT2D eigenvalue weighted by Crippen LogP contribution is -2.19. The number of carbonyl (C=O) groups excluding carboxylic acids is 2. The van der Waals surface area contributed by atoms with Gasteiger partial charge in [-0.25, -0.2) is 9.59 Å². The van der Waals surface area contributed by atoms with Crippen LogP contribution in [0.25, 0.3) is 0 Å². The van der Waals surface area contributed by atoms with Gasteiger partial charge in [0.15, 0.2) is 0 Å². The molecular formula is C12H18O6. The van der Waals surface area contributed by atoms with Crippen LogP contribution in [0.3, 0.4) is 0 Å². The predicted molar refractivity (Wildman–Crippen MR) is 60.0 cm³/mol. The molecule has 2 rings (SSSR count). The van der Waals surface area contributed by atoms with Gasteiger partial charge in [-0.3, -0.25) is 0 Å². The molecule has 0 bridgehead atoms. The summed E-state index contributed by atoms with van der Waals surface area (Å²) in [6, 6.07) is 0. The summed E-state index contributed by atoms with van der Waals surface area (Å²) in [6.45, 7) is 0. The summed E-state index contributed by atoms with van der Waals surface area (Å²) in [4.78, 5) is 22.0. The van der Waals surface area contributed by atoms with Crippen molar-refractivity contribution < 1.29 is 28.5 Å². The molecule has 2 aliphatic rings. The summed E-state index contributed by atoms with van der Waals surface area (Å²) in [7, 11) is 2.61. The standard InChI is InChI=1S/C12H18O6/c1-15-11(13)17-9-3-7-5-10(6-8(7)4-9)18-12(14)16-2/h7-10H,3-6H2,1-2H3. The molecule has 6 nitrogen and oxygen atoms in total. The lowest BCUT2D eigenvalue weighted by Gasteiger charge is -2.15. The highest BCUT2D eigenvalue weighted by molar-refractivity contribution is 5.60. The number of rotatable bonds is 2. The maximum absolute atomic E-state index is 11.0. The van der Waals surface area contributed by atoms with Crippen LogP contribution < -0.4 is 0 Å². The minimum atomic E-state index is -0.623. The third-order valence-electron chi connectivity index (χ3n) is 3.79. The molecule has 0 aliphatic heterocycles. The van der Waals surface area contributed by atoms with Crippen LogP contribution in [-0.4, -0.2) is 38.7 Å². The van der Waals surface area contributed by atoms with Crippen molar-refractivity contribution in [3.05, 3.63) is 0 Å². The Morgan fingerprint density at radius 1 is 0.778 bits per heavy atom. The van der Waals surface area contributed by atoms with Crippen LogP contribution in [0, 0.1) is 11.8 Å². The average molecular weight is 258 g/mol. The number of ether oxygens (including phenoxy) is 4. The molecule has 0 aromatic heterocycles. The molecule has 6 heteroatoms. The molecule has 102 valence electrons. The van der Waals surface area contributed by atoms with Crippen molar-refractivity contribution in [3.63, 3.8) is 0 Å². The van der Waals surface area contributed by atoms with E-state index in [1.165, 1.54) is 14.2 Å². The van der Waals surface area contributed by atoms with Gasteiger partial charge < -0.3 is 18.9 Å². The number of hydrogen-bond donors (Lipinski definition) is 0. The lowest BCUT2D eigenvalue weighted by atomic mass is 10.0. The molecule has 2 saturated carbocycles. The van der Waals surface area contributed by atoms with Crippen LogP contribution >= 0.6 is 0 Å². The monoisotopic (exact) mass is 258 g/mol. The van der Waals surface area contributed by atoms with E-state index in [-0.39, 0.29) is 12.2 Å². The first-order chi connectivity index (χ1) is 8.62. The largest absolute Gasteiger partial charge is 0.508 e. The molecule has 18 heavy (non-hydrogen) atoms. The summed E-state index contributed by atoms with van der Waals surface area (Å²) in [5.41, 5.74) is 0. The van der Waals surface area contributed by atoms with E-state index in [1.807, 2.05) is 0 Å². The van der Waals surface area contributed by atoms with Gasteiger partial charge in [0.25, 0.3) is 0 Å². The van der Waals surface area contributed by atoms with Crippen LogP contribution in [0.15, 0.2) is 0 Å². The molecule has 0 spiro atoms. The quantitative estimate of drug-likeness (QED) is 0.706. The summed E-state index contributed by atoms with van der Waals surface area (Å²) >= 11 is 0. The SMILES string of the molecule is COC(=O)OC1CC2CC(OC(=O)OC)CC2C1. The van der Waals surface area contributed by atoms with Crippen molar-refractivity contribution >= 4 is 12.3 Å². The van der Waals surface area contributed by atoms with E-state index in [1.54, 1.807) is 0 Å². The van der Waals surface area contributed by atoms with E-state index >= 15 is 0 Å². The van der Waals surface area contributed by atoms with Crippen LogP contribution in [0.4, 0.5) is 9.59 Å². The fraction of sp³-hybridized carbons (Fsp3) is 0.833. The van der Waals surface area contributed by atoms with E-state index in [4.69, 9.17) is 9.47 Å². The molecule has 0 amide bonds. The van der Waals surface area contributed by atoms with Gasteiger partial charge in [0.1, 0.15) is 12.2 Å². The zero-order chi connectivity index (χ0) is 13.1. The molecule has 2 fully saturated rings. The van der Waals surface area contributed by atoms with Gasteiger partial charge in [-0.1, -0.05) is 0 Å². The second-order valence-corrected chi connectivity index (χ2v) is 4.85. The average Bonchev–Trinajstić information content (AvgIpc) is 2.86. The Morgan fingerprint density at radius 3 is 1.39 bits per heavy atom. The highest BCUT2D eigenvalue weighted by Gasteiger charge is 2.44. The molecule has 0 aromatic rings. The zero-order valence-electron chi connectivity index (χ0n) is 10.6. The molecule has 0 unspecified atom stereocenters. The number of methoxy groups -OCH3 is 2. The molecular weight excluding hydrogens is 240 g/mol. The van der Waals surface area contributed by atoms with Crippen molar-refractivity contribution in [1.29, 1.82) is 0 Å². The molecule has 0 atom stereocenters. The second-order valence-electron chi connectivity index (χ2n) is 4.85. The molecule has 2 aliphatic carbocycles. The van der Waals surface area contributed by atoms with Crippen LogP contribution in [0.1, 0.15) is 25.7 Å². The van der Waals surface area contributed by atoms with Gasteiger partial charge in [-0.2, -0.15) is 0 Å². The first-order valence-corrected chi connectivity index (χ1v) is 6.11. The predicted octanol–water partition coefficient (Wildman–Crippen LogP) is 2.11. The van der Waals surface area contributed by atoms with E-state index in [0.29, 0.717) is 11.8 Å². The maximum Gasteiger partial charge on any atom is 0.508 e. The van der Waals surface area contributed by atoms with Crippen LogP contribution in [0.2, 0.25) is 0 Å². The van der Waals surface area contributed by atoms with Crippen molar-refractivity contribution in [2.45, 2.75) is 37.9 Å². The second kappa shape index (κ2) is 5.46. The summed E-state index contributed by atoms with van der Waals surface area (Å²) in [5, 5.41) is 0. The third-order valence-corrected chi connectivity index (χ3v) is 3.79. The van der Waals surface area contributed by atoms with E-state index in [0.717, 1.165) is 25.7 Å². The van der Waals surface area contributed by atoms with Gasteiger partial charge in [0.2, 0.25) is 0 Å². The zero-order valence-corrected chi connectivity index (χ0v) is 10.6. The maximum atomic E-state index is 11.0. The Bertz CT molecular complexity index is 285. The van der Waals surface area contributed by atoms with Crippen LogP contribution in [-0.2, 0) is 18.9 Å². The Morgan fingerprint density at radius 2 is 1.11 bits per heavy atom. The van der Waals surface area contributed by atoms with E-state index in [2.05, 4.69) is 9.47 Å². The number of hydrogen-bond acceptors (Lipinski definition) is 6. The minimum Gasteiger partial charge on any atom is -0.438 e. The molecule has 0 radical (unpaired) electrons. The van der Waals surface area contributed by atoms with E-state index in [9.17, 15) is 9.59 Å². The Labute approximate surface area is 106 Å². The van der Waals surface area contributed by atoms with Gasteiger partial charge >= 0.3 is 12.3 Å². The van der Waals surface area contributed by atoms with Crippen molar-refractivity contribution in [2.24, 2.45) is 11.8 Å². The number of carbonyl (C=O) groups is 2. The Hall–Kier alpha value is -1.46. The Kier molecular flexibility index (Phi) is 3.93. The first kappa shape index (κ1) is 13.0. The molecule has 0 aromatic carbocycles. The summed E-state index contributed by atoms with van der Waals surface area (Å²) in [5.74, 6) is 0.906. The first-order valence-electron chi connectivity index (χ1n) is 6.11. The third kappa shape index (κ3) is 2.86. The van der Waals surface area contributed by atoms with Gasteiger partial charge in [-0.15, -0.1) is 0 Å². The van der Waals surface area contributed by atoms with Crippen molar-refractivity contribution in [2.75, 3.05) is 14.2 Å². The number of fused-ring (bicyclic) bond motifs is 1. The van der Waals surface area contributed by atoms with E-state index < -0.39 is 12.3 Å². The normalized spacial score (nSPS) is 33.7. The molecule has 0 N–H and O–H groups in total. The fourth-order valence-electron chi connectivity index (χ4n) is 3.07. The fourth-order valence-corrected chi connectivity index (χ4v) is 3.07. The summed E-state index contributed by atoms with van der Waals surface area (Å²) < 4.78 is 19.2. The highest BCUT2D eigenvalue weighted by Crippen LogP contribution is 2.46. The van der Waals surface area contributed by atoms with Crippen LogP contribution in [0.5, 0.6) is 0 Å². The summed E-state index contributed by atoms with van der Waals surface area (Å²) in [6.07, 6.45) is 1.91.